The van der Waals surface area contributed by atoms with Crippen molar-refractivity contribution in [3.05, 3.63) is 41.2 Å². The van der Waals surface area contributed by atoms with Crippen LogP contribution in [0.15, 0.2) is 24.3 Å². The monoisotopic (exact) mass is 315 g/mol. The fraction of sp³-hybridized carbons (Fsp3) is 0.412. The summed E-state index contributed by atoms with van der Waals surface area (Å²) in [6.45, 7) is 3.68. The van der Waals surface area contributed by atoms with Crippen molar-refractivity contribution in [2.45, 2.75) is 26.0 Å². The van der Waals surface area contributed by atoms with Gasteiger partial charge in [0.05, 0.1) is 24.9 Å². The number of carbonyl (C=O) groups excluding carboxylic acids is 1. The third-order valence-electron chi connectivity index (χ3n) is 3.98. The Balaban J connectivity index is 1.85. The summed E-state index contributed by atoms with van der Waals surface area (Å²) in [7, 11) is 1.64. The molecule has 122 valence electrons. The maximum atomic E-state index is 12.4. The maximum absolute atomic E-state index is 12.4. The van der Waals surface area contributed by atoms with E-state index in [1.54, 1.807) is 7.11 Å². The lowest BCUT2D eigenvalue weighted by Gasteiger charge is -2.11. The number of aromatic amines is 1. The molecule has 3 rings (SSSR count). The Hall–Kier alpha value is -2.18. The minimum Gasteiger partial charge on any atom is -0.379 e. The SMILES string of the molecule is COCc1n[nH]c(C)c1-c1cccc(C(=O)N[C@@H]2CCOC2)c1. The van der Waals surface area contributed by atoms with Crippen LogP contribution in [-0.2, 0) is 16.1 Å². The zero-order valence-corrected chi connectivity index (χ0v) is 13.4. The number of hydrogen-bond donors (Lipinski definition) is 2. The molecule has 0 saturated carbocycles. The number of H-pyrrole nitrogens is 1. The Kier molecular flexibility index (Phi) is 4.73. The van der Waals surface area contributed by atoms with Crippen molar-refractivity contribution < 1.29 is 14.3 Å². The summed E-state index contributed by atoms with van der Waals surface area (Å²) in [5, 5.41) is 10.3. The van der Waals surface area contributed by atoms with Crippen molar-refractivity contribution in [1.29, 1.82) is 0 Å². The van der Waals surface area contributed by atoms with Gasteiger partial charge in [0.15, 0.2) is 0 Å². The van der Waals surface area contributed by atoms with Crippen molar-refractivity contribution in [1.82, 2.24) is 15.5 Å². The number of carbonyl (C=O) groups is 1. The molecule has 1 amide bonds. The Morgan fingerprint density at radius 3 is 3.13 bits per heavy atom. The number of aromatic nitrogens is 2. The Labute approximate surface area is 135 Å². The first-order valence-corrected chi connectivity index (χ1v) is 7.71. The van der Waals surface area contributed by atoms with Crippen molar-refractivity contribution in [3.63, 3.8) is 0 Å². The summed E-state index contributed by atoms with van der Waals surface area (Å²) in [4.78, 5) is 12.4. The molecule has 1 aliphatic rings. The molecule has 0 spiro atoms. The van der Waals surface area contributed by atoms with Crippen molar-refractivity contribution >= 4 is 5.91 Å². The standard InChI is InChI=1S/C17H21N3O3/c1-11-16(15(10-22-2)20-19-11)12-4-3-5-13(8-12)17(21)18-14-6-7-23-9-14/h3-5,8,14H,6-7,9-10H2,1-2H3,(H,18,21)(H,19,20)/t14-/m1/s1. The van der Waals surface area contributed by atoms with Crippen LogP contribution in [0.2, 0.25) is 0 Å². The zero-order chi connectivity index (χ0) is 16.2. The van der Waals surface area contributed by atoms with Gasteiger partial charge < -0.3 is 14.8 Å². The lowest BCUT2D eigenvalue weighted by Crippen LogP contribution is -2.34. The summed E-state index contributed by atoms with van der Waals surface area (Å²) in [6, 6.07) is 7.68. The molecule has 1 atom stereocenters. The molecule has 0 aliphatic carbocycles. The molecule has 1 aromatic carbocycles. The van der Waals surface area contributed by atoms with Gasteiger partial charge in [0.1, 0.15) is 0 Å². The molecule has 2 N–H and O–H groups in total. The van der Waals surface area contributed by atoms with Crippen LogP contribution < -0.4 is 5.32 Å². The summed E-state index contributed by atoms with van der Waals surface area (Å²) >= 11 is 0. The van der Waals surface area contributed by atoms with E-state index in [9.17, 15) is 4.79 Å². The van der Waals surface area contributed by atoms with E-state index in [-0.39, 0.29) is 11.9 Å². The quantitative estimate of drug-likeness (QED) is 0.885. The van der Waals surface area contributed by atoms with E-state index in [0.29, 0.717) is 25.4 Å². The zero-order valence-electron chi connectivity index (χ0n) is 13.4. The maximum Gasteiger partial charge on any atom is 0.251 e. The highest BCUT2D eigenvalue weighted by Crippen LogP contribution is 2.27. The van der Waals surface area contributed by atoms with E-state index in [0.717, 1.165) is 28.9 Å². The molecule has 1 aliphatic heterocycles. The highest BCUT2D eigenvalue weighted by Gasteiger charge is 2.19. The molecule has 0 radical (unpaired) electrons. The second-order valence-electron chi connectivity index (χ2n) is 5.72. The van der Waals surface area contributed by atoms with Gasteiger partial charge in [0, 0.05) is 30.5 Å². The van der Waals surface area contributed by atoms with Gasteiger partial charge in [-0.1, -0.05) is 12.1 Å². The molecule has 6 heteroatoms. The molecule has 2 heterocycles. The minimum atomic E-state index is -0.0724. The van der Waals surface area contributed by atoms with Gasteiger partial charge in [0.25, 0.3) is 5.91 Å². The average molecular weight is 315 g/mol. The van der Waals surface area contributed by atoms with Gasteiger partial charge in [0.2, 0.25) is 0 Å². The van der Waals surface area contributed by atoms with E-state index in [1.165, 1.54) is 0 Å². The van der Waals surface area contributed by atoms with E-state index in [2.05, 4.69) is 15.5 Å². The van der Waals surface area contributed by atoms with Gasteiger partial charge in [-0.3, -0.25) is 9.89 Å². The van der Waals surface area contributed by atoms with Crippen LogP contribution in [0.4, 0.5) is 0 Å². The molecule has 1 fully saturated rings. The van der Waals surface area contributed by atoms with Crippen molar-refractivity contribution in [3.8, 4) is 11.1 Å². The molecule has 1 aromatic heterocycles. The highest BCUT2D eigenvalue weighted by molar-refractivity contribution is 5.95. The third-order valence-corrected chi connectivity index (χ3v) is 3.98. The molecule has 2 aromatic rings. The molecule has 0 bridgehead atoms. The summed E-state index contributed by atoms with van der Waals surface area (Å²) < 4.78 is 10.5. The van der Waals surface area contributed by atoms with E-state index < -0.39 is 0 Å². The topological polar surface area (TPSA) is 76.2 Å². The van der Waals surface area contributed by atoms with Gasteiger partial charge in [-0.25, -0.2) is 0 Å². The van der Waals surface area contributed by atoms with Crippen LogP contribution in [0.25, 0.3) is 11.1 Å². The first kappa shape index (κ1) is 15.7. The lowest BCUT2D eigenvalue weighted by molar-refractivity contribution is 0.0930. The van der Waals surface area contributed by atoms with Crippen LogP contribution in [0.3, 0.4) is 0 Å². The Morgan fingerprint density at radius 1 is 1.52 bits per heavy atom. The number of methoxy groups -OCH3 is 1. The number of hydrogen-bond acceptors (Lipinski definition) is 4. The largest absolute Gasteiger partial charge is 0.379 e. The normalized spacial score (nSPS) is 17.4. The first-order chi connectivity index (χ1) is 11.2. The summed E-state index contributed by atoms with van der Waals surface area (Å²) in [5.41, 5.74) is 4.38. The van der Waals surface area contributed by atoms with E-state index >= 15 is 0 Å². The lowest BCUT2D eigenvalue weighted by atomic mass is 10.0. The molecular formula is C17H21N3O3. The van der Waals surface area contributed by atoms with Gasteiger partial charge in [-0.15, -0.1) is 0 Å². The third kappa shape index (κ3) is 3.43. The minimum absolute atomic E-state index is 0.0724. The van der Waals surface area contributed by atoms with Gasteiger partial charge in [-0.2, -0.15) is 5.10 Å². The molecular weight excluding hydrogens is 294 g/mol. The number of nitrogens with zero attached hydrogens (tertiary/aromatic N) is 1. The number of nitrogens with one attached hydrogen (secondary N) is 2. The van der Waals surface area contributed by atoms with Crippen molar-refractivity contribution in [2.24, 2.45) is 0 Å². The molecule has 1 saturated heterocycles. The Bertz CT molecular complexity index is 690. The molecule has 6 nitrogen and oxygen atoms in total. The summed E-state index contributed by atoms with van der Waals surface area (Å²) in [6.07, 6.45) is 0.865. The second-order valence-corrected chi connectivity index (χ2v) is 5.72. The number of rotatable bonds is 5. The Morgan fingerprint density at radius 2 is 2.39 bits per heavy atom. The number of amides is 1. The highest BCUT2D eigenvalue weighted by atomic mass is 16.5. The first-order valence-electron chi connectivity index (χ1n) is 7.71. The fourth-order valence-electron chi connectivity index (χ4n) is 2.84. The summed E-state index contributed by atoms with van der Waals surface area (Å²) in [5.74, 6) is -0.0724. The average Bonchev–Trinajstić information content (AvgIpc) is 3.18. The smallest absolute Gasteiger partial charge is 0.251 e. The van der Waals surface area contributed by atoms with Crippen LogP contribution in [-0.4, -0.2) is 42.5 Å². The van der Waals surface area contributed by atoms with Crippen molar-refractivity contribution in [2.75, 3.05) is 20.3 Å². The predicted molar refractivity (Wildman–Crippen MR) is 86.2 cm³/mol. The van der Waals surface area contributed by atoms with Crippen LogP contribution >= 0.6 is 0 Å². The number of aryl methyl sites for hydroxylation is 1. The van der Waals surface area contributed by atoms with Crippen LogP contribution in [0.1, 0.15) is 28.2 Å². The van der Waals surface area contributed by atoms with E-state index in [1.807, 2.05) is 31.2 Å². The second kappa shape index (κ2) is 6.93. The van der Waals surface area contributed by atoms with Gasteiger partial charge in [-0.05, 0) is 31.0 Å². The fourth-order valence-corrected chi connectivity index (χ4v) is 2.84. The number of ether oxygens (including phenoxy) is 2. The van der Waals surface area contributed by atoms with Gasteiger partial charge >= 0.3 is 0 Å². The van der Waals surface area contributed by atoms with Crippen LogP contribution in [0, 0.1) is 6.92 Å². The van der Waals surface area contributed by atoms with E-state index in [4.69, 9.17) is 9.47 Å². The molecule has 0 unspecified atom stereocenters. The number of benzene rings is 1. The van der Waals surface area contributed by atoms with Crippen LogP contribution in [0.5, 0.6) is 0 Å². The predicted octanol–water partition coefficient (Wildman–Crippen LogP) is 2.05. The molecule has 23 heavy (non-hydrogen) atoms.